The van der Waals surface area contributed by atoms with E-state index < -0.39 is 28.5 Å². The SMILES string of the molecule is C[C@@H](C(=O)NC1CCCCC1)N(Cc1cccc(Cl)c1)C(=O)CN(c1cccc(Cl)c1)S(=O)(=O)c1ccccc1. The Labute approximate surface area is 246 Å². The van der Waals surface area contributed by atoms with Crippen LogP contribution in [-0.2, 0) is 26.2 Å². The minimum atomic E-state index is -4.14. The first kappa shape index (κ1) is 29.9. The van der Waals surface area contributed by atoms with Crippen LogP contribution in [0.4, 0.5) is 5.69 Å². The number of carbonyl (C=O) groups is 2. The second-order valence-electron chi connectivity index (χ2n) is 9.98. The predicted molar refractivity (Wildman–Crippen MR) is 159 cm³/mol. The molecule has 1 fully saturated rings. The first-order valence-corrected chi connectivity index (χ1v) is 15.5. The summed E-state index contributed by atoms with van der Waals surface area (Å²) >= 11 is 12.4. The highest BCUT2D eigenvalue weighted by molar-refractivity contribution is 7.92. The van der Waals surface area contributed by atoms with Crippen LogP contribution in [0.25, 0.3) is 0 Å². The standard InChI is InChI=1S/C30H33Cl2N3O4S/c1-22(30(37)33-26-13-4-2-5-14-26)34(20-23-10-8-11-24(31)18-23)29(36)21-35(27-15-9-12-25(32)19-27)40(38,39)28-16-6-3-7-17-28/h3,6-12,15-19,22,26H,2,4-5,13-14,20-21H2,1H3,(H,33,37)/t22-/m0/s1. The second kappa shape index (κ2) is 13.5. The highest BCUT2D eigenvalue weighted by Gasteiger charge is 2.33. The Kier molecular flexibility index (Phi) is 10.1. The van der Waals surface area contributed by atoms with Gasteiger partial charge in [-0.25, -0.2) is 8.42 Å². The van der Waals surface area contributed by atoms with E-state index in [4.69, 9.17) is 23.2 Å². The minimum Gasteiger partial charge on any atom is -0.352 e. The summed E-state index contributed by atoms with van der Waals surface area (Å²) < 4.78 is 28.6. The van der Waals surface area contributed by atoms with Crippen molar-refractivity contribution in [2.24, 2.45) is 0 Å². The van der Waals surface area contributed by atoms with Crippen molar-refractivity contribution in [2.75, 3.05) is 10.8 Å². The Morgan fingerprint density at radius 1 is 0.900 bits per heavy atom. The molecule has 3 aromatic carbocycles. The van der Waals surface area contributed by atoms with Gasteiger partial charge in [-0.1, -0.05) is 78.9 Å². The number of amides is 2. The number of hydrogen-bond acceptors (Lipinski definition) is 4. The fraction of sp³-hybridized carbons (Fsp3) is 0.333. The zero-order chi connectivity index (χ0) is 28.7. The molecule has 7 nitrogen and oxygen atoms in total. The van der Waals surface area contributed by atoms with Gasteiger partial charge in [-0.15, -0.1) is 0 Å². The molecule has 0 bridgehead atoms. The van der Waals surface area contributed by atoms with Crippen LogP contribution >= 0.6 is 23.2 Å². The minimum absolute atomic E-state index is 0.0345. The zero-order valence-electron chi connectivity index (χ0n) is 22.3. The molecule has 4 rings (SSSR count). The van der Waals surface area contributed by atoms with E-state index in [9.17, 15) is 18.0 Å². The number of halogens is 2. The number of rotatable bonds is 10. The Balaban J connectivity index is 1.67. The second-order valence-corrected chi connectivity index (χ2v) is 12.7. The maximum absolute atomic E-state index is 14.0. The summed E-state index contributed by atoms with van der Waals surface area (Å²) in [7, 11) is -4.14. The lowest BCUT2D eigenvalue weighted by atomic mass is 9.95. The van der Waals surface area contributed by atoms with E-state index in [0.717, 1.165) is 42.0 Å². The molecular formula is C30H33Cl2N3O4S. The average molecular weight is 603 g/mol. The van der Waals surface area contributed by atoms with Crippen molar-refractivity contribution >= 4 is 50.7 Å². The van der Waals surface area contributed by atoms with Crippen molar-refractivity contribution < 1.29 is 18.0 Å². The quantitative estimate of drug-likeness (QED) is 0.306. The average Bonchev–Trinajstić information content (AvgIpc) is 2.95. The molecule has 3 aromatic rings. The van der Waals surface area contributed by atoms with Gasteiger partial charge in [-0.05, 0) is 67.8 Å². The number of nitrogens with one attached hydrogen (secondary N) is 1. The molecule has 2 amide bonds. The molecule has 40 heavy (non-hydrogen) atoms. The third kappa shape index (κ3) is 7.56. The highest BCUT2D eigenvalue weighted by Crippen LogP contribution is 2.27. The van der Waals surface area contributed by atoms with Crippen molar-refractivity contribution in [3.63, 3.8) is 0 Å². The van der Waals surface area contributed by atoms with Crippen molar-refractivity contribution in [1.29, 1.82) is 0 Å². The first-order valence-electron chi connectivity index (χ1n) is 13.3. The summed E-state index contributed by atoms with van der Waals surface area (Å²) in [6.45, 7) is 1.21. The molecular weight excluding hydrogens is 569 g/mol. The van der Waals surface area contributed by atoms with Gasteiger partial charge in [0, 0.05) is 22.6 Å². The van der Waals surface area contributed by atoms with Crippen LogP contribution in [0.1, 0.15) is 44.6 Å². The number of benzene rings is 3. The summed E-state index contributed by atoms with van der Waals surface area (Å²) in [5.74, 6) is -0.812. The number of sulfonamides is 1. The van der Waals surface area contributed by atoms with E-state index in [0.29, 0.717) is 10.0 Å². The van der Waals surface area contributed by atoms with Gasteiger partial charge in [0.1, 0.15) is 12.6 Å². The van der Waals surface area contributed by atoms with Crippen LogP contribution in [0.2, 0.25) is 10.0 Å². The van der Waals surface area contributed by atoms with Gasteiger partial charge in [0.25, 0.3) is 10.0 Å². The maximum atomic E-state index is 14.0. The molecule has 212 valence electrons. The fourth-order valence-electron chi connectivity index (χ4n) is 4.86. The van der Waals surface area contributed by atoms with Gasteiger partial charge >= 0.3 is 0 Å². The topological polar surface area (TPSA) is 86.8 Å². The molecule has 1 aliphatic rings. The largest absolute Gasteiger partial charge is 0.352 e. The van der Waals surface area contributed by atoms with E-state index >= 15 is 0 Å². The highest BCUT2D eigenvalue weighted by atomic mass is 35.5. The van der Waals surface area contributed by atoms with E-state index in [2.05, 4.69) is 5.32 Å². The third-order valence-electron chi connectivity index (χ3n) is 7.07. The van der Waals surface area contributed by atoms with Gasteiger partial charge in [-0.2, -0.15) is 0 Å². The Hall–Kier alpha value is -3.07. The summed E-state index contributed by atoms with van der Waals surface area (Å²) in [6.07, 6.45) is 5.06. The smallest absolute Gasteiger partial charge is 0.264 e. The lowest BCUT2D eigenvalue weighted by Gasteiger charge is -2.33. The summed E-state index contributed by atoms with van der Waals surface area (Å²) in [6, 6.07) is 20.5. The van der Waals surface area contributed by atoms with Crippen LogP contribution in [0.5, 0.6) is 0 Å². The summed E-state index contributed by atoms with van der Waals surface area (Å²) in [4.78, 5) is 28.8. The van der Waals surface area contributed by atoms with Gasteiger partial charge in [0.15, 0.2) is 0 Å². The van der Waals surface area contributed by atoms with Gasteiger partial charge < -0.3 is 10.2 Å². The molecule has 1 atom stereocenters. The van der Waals surface area contributed by atoms with E-state index in [1.807, 2.05) is 6.07 Å². The molecule has 10 heteroatoms. The van der Waals surface area contributed by atoms with Crippen LogP contribution in [0, 0.1) is 0 Å². The normalized spacial score (nSPS) is 14.8. The Bertz CT molecular complexity index is 1430. The van der Waals surface area contributed by atoms with E-state index in [1.54, 1.807) is 61.5 Å². The molecule has 0 aliphatic heterocycles. The fourth-order valence-corrected chi connectivity index (χ4v) is 6.69. The number of nitrogens with zero attached hydrogens (tertiary/aromatic N) is 2. The summed E-state index contributed by atoms with van der Waals surface area (Å²) in [5, 5.41) is 3.92. The lowest BCUT2D eigenvalue weighted by molar-refractivity contribution is -0.139. The molecule has 0 radical (unpaired) electrons. The molecule has 1 saturated carbocycles. The summed E-state index contributed by atoms with van der Waals surface area (Å²) in [5.41, 5.74) is 0.963. The van der Waals surface area contributed by atoms with Crippen molar-refractivity contribution in [2.45, 2.75) is 62.6 Å². The number of hydrogen-bond donors (Lipinski definition) is 1. The van der Waals surface area contributed by atoms with E-state index in [1.165, 1.54) is 23.1 Å². The Morgan fingerprint density at radius 3 is 2.20 bits per heavy atom. The van der Waals surface area contributed by atoms with Crippen LogP contribution < -0.4 is 9.62 Å². The van der Waals surface area contributed by atoms with Crippen LogP contribution in [0.15, 0.2) is 83.8 Å². The first-order chi connectivity index (χ1) is 19.1. The predicted octanol–water partition coefficient (Wildman–Crippen LogP) is 6.05. The molecule has 0 saturated heterocycles. The molecule has 0 spiro atoms. The monoisotopic (exact) mass is 601 g/mol. The van der Waals surface area contributed by atoms with Gasteiger partial charge in [-0.3, -0.25) is 13.9 Å². The maximum Gasteiger partial charge on any atom is 0.264 e. The van der Waals surface area contributed by atoms with Crippen LogP contribution in [0.3, 0.4) is 0 Å². The van der Waals surface area contributed by atoms with Crippen molar-refractivity contribution in [3.05, 3.63) is 94.5 Å². The number of anilines is 1. The molecule has 1 N–H and O–H groups in total. The van der Waals surface area contributed by atoms with Crippen molar-refractivity contribution in [3.8, 4) is 0 Å². The lowest BCUT2D eigenvalue weighted by Crippen LogP contribution is -2.53. The van der Waals surface area contributed by atoms with Crippen LogP contribution in [-0.4, -0.2) is 43.8 Å². The molecule has 0 heterocycles. The molecule has 1 aliphatic carbocycles. The van der Waals surface area contributed by atoms with Crippen molar-refractivity contribution in [1.82, 2.24) is 10.2 Å². The van der Waals surface area contributed by atoms with Gasteiger partial charge in [0.2, 0.25) is 11.8 Å². The molecule has 0 aromatic heterocycles. The third-order valence-corrected chi connectivity index (χ3v) is 9.33. The zero-order valence-corrected chi connectivity index (χ0v) is 24.6. The van der Waals surface area contributed by atoms with E-state index in [-0.39, 0.29) is 29.1 Å². The van der Waals surface area contributed by atoms with Gasteiger partial charge in [0.05, 0.1) is 10.6 Å². The number of carbonyl (C=O) groups excluding carboxylic acids is 2. The Morgan fingerprint density at radius 2 is 1.55 bits per heavy atom. The molecule has 0 unspecified atom stereocenters.